The van der Waals surface area contributed by atoms with Crippen molar-refractivity contribution < 1.29 is 14.7 Å². The molecule has 1 aliphatic rings. The molecule has 0 aliphatic carbocycles. The van der Waals surface area contributed by atoms with Gasteiger partial charge in [0.2, 0.25) is 0 Å². The van der Waals surface area contributed by atoms with Crippen molar-refractivity contribution >= 4 is 29.2 Å². The third-order valence-electron chi connectivity index (χ3n) is 2.60. The Morgan fingerprint density at radius 3 is 3.12 bits per heavy atom. The number of nitrogens with one attached hydrogen (secondary N) is 1. The van der Waals surface area contributed by atoms with E-state index < -0.39 is 5.97 Å². The van der Waals surface area contributed by atoms with Gasteiger partial charge in [0.15, 0.2) is 5.75 Å². The Kier molecular flexibility index (Phi) is 1.98. The van der Waals surface area contributed by atoms with Gasteiger partial charge in [-0.1, -0.05) is 5.16 Å². The van der Waals surface area contributed by atoms with Crippen LogP contribution in [0.1, 0.15) is 16.1 Å². The Bertz CT molecular complexity index is 668. The maximum absolute atomic E-state index is 10.9. The molecule has 0 bridgehead atoms. The lowest BCUT2D eigenvalue weighted by molar-refractivity contribution is 0.0691. The molecule has 17 heavy (non-hydrogen) atoms. The second-order valence-corrected chi connectivity index (χ2v) is 3.63. The molecule has 0 unspecified atom stereocenters. The zero-order valence-corrected chi connectivity index (χ0v) is 8.68. The number of benzene rings is 1. The quantitative estimate of drug-likeness (QED) is 0.786. The van der Waals surface area contributed by atoms with Crippen molar-refractivity contribution in [3.63, 3.8) is 0 Å². The Morgan fingerprint density at radius 1 is 1.41 bits per heavy atom. The molecule has 0 atom stereocenters. The van der Waals surface area contributed by atoms with Crippen LogP contribution in [0.25, 0.3) is 17.0 Å². The average molecular weight is 228 g/mol. The zero-order chi connectivity index (χ0) is 11.8. The zero-order valence-electron chi connectivity index (χ0n) is 8.68. The molecule has 2 aromatic rings. The van der Waals surface area contributed by atoms with Gasteiger partial charge in [-0.3, -0.25) is 0 Å². The molecule has 0 spiro atoms. The lowest BCUT2D eigenvalue weighted by Crippen LogP contribution is -1.94. The van der Waals surface area contributed by atoms with Crippen LogP contribution < -0.4 is 4.84 Å². The molecule has 5 heteroatoms. The number of fused-ring (bicyclic) bond motifs is 3. The van der Waals surface area contributed by atoms with E-state index in [0.717, 1.165) is 16.5 Å². The number of rotatable bonds is 1. The predicted octanol–water partition coefficient (Wildman–Crippen LogP) is 2.26. The van der Waals surface area contributed by atoms with Crippen molar-refractivity contribution in [2.24, 2.45) is 5.16 Å². The normalized spacial score (nSPS) is 13.2. The minimum atomic E-state index is -0.982. The van der Waals surface area contributed by atoms with Crippen LogP contribution in [0.2, 0.25) is 0 Å². The fourth-order valence-corrected chi connectivity index (χ4v) is 1.83. The van der Waals surface area contributed by atoms with Gasteiger partial charge in [0.05, 0.1) is 6.21 Å². The van der Waals surface area contributed by atoms with Crippen LogP contribution in [-0.2, 0) is 0 Å². The van der Waals surface area contributed by atoms with Crippen LogP contribution in [0.15, 0.2) is 29.4 Å². The Morgan fingerprint density at radius 2 is 2.29 bits per heavy atom. The maximum atomic E-state index is 10.9. The third-order valence-corrected chi connectivity index (χ3v) is 2.60. The Balaban J connectivity index is 2.30. The van der Waals surface area contributed by atoms with E-state index in [9.17, 15) is 4.79 Å². The van der Waals surface area contributed by atoms with E-state index >= 15 is 0 Å². The van der Waals surface area contributed by atoms with Gasteiger partial charge in [-0.05, 0) is 30.4 Å². The second kappa shape index (κ2) is 3.48. The second-order valence-electron chi connectivity index (χ2n) is 3.63. The van der Waals surface area contributed by atoms with Gasteiger partial charge in [-0.25, -0.2) is 4.79 Å². The highest BCUT2D eigenvalue weighted by molar-refractivity contribution is 5.99. The summed E-state index contributed by atoms with van der Waals surface area (Å²) < 4.78 is 0. The van der Waals surface area contributed by atoms with E-state index in [-0.39, 0.29) is 5.69 Å². The number of hydrogen-bond donors (Lipinski definition) is 2. The smallest absolute Gasteiger partial charge is 0.352 e. The first-order valence-electron chi connectivity index (χ1n) is 5.02. The molecular formula is C12H8N2O3. The molecule has 0 amide bonds. The van der Waals surface area contributed by atoms with Crippen molar-refractivity contribution in [3.8, 4) is 5.75 Å². The van der Waals surface area contributed by atoms with E-state index in [1.807, 2.05) is 6.08 Å². The Labute approximate surface area is 96.0 Å². The molecule has 2 N–H and O–H groups in total. The number of allylic oxidation sites excluding steroid dienone is 1. The lowest BCUT2D eigenvalue weighted by Gasteiger charge is -2.02. The number of carboxylic acid groups (broad SMARTS) is 1. The SMILES string of the molecule is O=C(O)c1cc2c3c(ccc2[nH]1)ON=CC=C3. The molecule has 0 fully saturated rings. The van der Waals surface area contributed by atoms with Gasteiger partial charge in [0.25, 0.3) is 0 Å². The molecule has 1 aromatic heterocycles. The van der Waals surface area contributed by atoms with Gasteiger partial charge in [-0.15, -0.1) is 0 Å². The summed E-state index contributed by atoms with van der Waals surface area (Å²) >= 11 is 0. The van der Waals surface area contributed by atoms with Gasteiger partial charge in [0.1, 0.15) is 5.69 Å². The van der Waals surface area contributed by atoms with Crippen LogP contribution in [-0.4, -0.2) is 22.3 Å². The fraction of sp³-hybridized carbons (Fsp3) is 0. The number of aromatic nitrogens is 1. The van der Waals surface area contributed by atoms with E-state index in [2.05, 4.69) is 10.1 Å². The molecule has 2 heterocycles. The molecule has 3 rings (SSSR count). The van der Waals surface area contributed by atoms with Crippen molar-refractivity contribution in [1.82, 2.24) is 4.98 Å². The minimum Gasteiger partial charge on any atom is -0.477 e. The number of hydrogen-bond acceptors (Lipinski definition) is 3. The lowest BCUT2D eigenvalue weighted by atomic mass is 10.1. The number of nitrogens with zero attached hydrogens (tertiary/aromatic N) is 1. The van der Waals surface area contributed by atoms with Crippen molar-refractivity contribution in [1.29, 1.82) is 0 Å². The van der Waals surface area contributed by atoms with E-state index in [1.54, 1.807) is 24.3 Å². The summed E-state index contributed by atoms with van der Waals surface area (Å²) in [5.74, 6) is -0.372. The Hall–Kier alpha value is -2.56. The van der Waals surface area contributed by atoms with Crippen LogP contribution in [0.3, 0.4) is 0 Å². The molecular weight excluding hydrogens is 220 g/mol. The van der Waals surface area contributed by atoms with Gasteiger partial charge in [-0.2, -0.15) is 0 Å². The number of oxime groups is 1. The molecule has 1 aliphatic heterocycles. The van der Waals surface area contributed by atoms with Crippen molar-refractivity contribution in [2.45, 2.75) is 0 Å². The third kappa shape index (κ3) is 1.48. The number of aromatic amines is 1. The summed E-state index contributed by atoms with van der Waals surface area (Å²) in [5.41, 5.74) is 1.74. The molecule has 0 saturated carbocycles. The summed E-state index contributed by atoms with van der Waals surface area (Å²) in [5, 5.41) is 13.5. The predicted molar refractivity (Wildman–Crippen MR) is 63.4 cm³/mol. The van der Waals surface area contributed by atoms with E-state index in [0.29, 0.717) is 5.75 Å². The van der Waals surface area contributed by atoms with Gasteiger partial charge < -0.3 is 14.9 Å². The first-order valence-corrected chi connectivity index (χ1v) is 5.02. The summed E-state index contributed by atoms with van der Waals surface area (Å²) in [6, 6.07) is 5.12. The summed E-state index contributed by atoms with van der Waals surface area (Å²) in [7, 11) is 0. The standard InChI is InChI=1S/C12H8N2O3/c15-12(16)10-6-8-7-2-1-5-13-17-11(7)4-3-9(8)14-10/h1-6,14H,(H,15,16). The van der Waals surface area contributed by atoms with Crippen LogP contribution >= 0.6 is 0 Å². The van der Waals surface area contributed by atoms with Crippen LogP contribution in [0, 0.1) is 0 Å². The van der Waals surface area contributed by atoms with Gasteiger partial charge in [0, 0.05) is 16.5 Å². The average Bonchev–Trinajstić information content (AvgIpc) is 2.61. The number of aromatic carboxylic acids is 1. The van der Waals surface area contributed by atoms with Crippen molar-refractivity contribution in [2.75, 3.05) is 0 Å². The van der Waals surface area contributed by atoms with Crippen molar-refractivity contribution in [3.05, 3.63) is 35.5 Å². The first kappa shape index (κ1) is 9.65. The number of carboxylic acids is 1. The summed E-state index contributed by atoms with van der Waals surface area (Å²) in [6.07, 6.45) is 5.13. The fourth-order valence-electron chi connectivity index (χ4n) is 1.83. The molecule has 1 aromatic carbocycles. The van der Waals surface area contributed by atoms with Crippen LogP contribution in [0.4, 0.5) is 0 Å². The van der Waals surface area contributed by atoms with E-state index in [1.165, 1.54) is 6.21 Å². The van der Waals surface area contributed by atoms with E-state index in [4.69, 9.17) is 9.94 Å². The van der Waals surface area contributed by atoms with Gasteiger partial charge >= 0.3 is 5.97 Å². The maximum Gasteiger partial charge on any atom is 0.352 e. The monoisotopic (exact) mass is 228 g/mol. The largest absolute Gasteiger partial charge is 0.477 e. The molecule has 0 radical (unpaired) electrons. The highest BCUT2D eigenvalue weighted by Crippen LogP contribution is 2.30. The highest BCUT2D eigenvalue weighted by atomic mass is 16.6. The highest BCUT2D eigenvalue weighted by Gasteiger charge is 2.13. The number of H-pyrrole nitrogens is 1. The number of carbonyl (C=O) groups is 1. The summed E-state index contributed by atoms with van der Waals surface area (Å²) in [4.78, 5) is 18.9. The minimum absolute atomic E-state index is 0.159. The van der Waals surface area contributed by atoms with Crippen LogP contribution in [0.5, 0.6) is 5.75 Å². The summed E-state index contributed by atoms with van der Waals surface area (Å²) in [6.45, 7) is 0. The molecule has 84 valence electrons. The molecule has 5 nitrogen and oxygen atoms in total. The topological polar surface area (TPSA) is 74.7 Å². The first-order chi connectivity index (χ1) is 8.25. The molecule has 0 saturated heterocycles.